The van der Waals surface area contributed by atoms with E-state index in [9.17, 15) is 4.79 Å². The Morgan fingerprint density at radius 2 is 1.86 bits per heavy atom. The smallest absolute Gasteiger partial charge is 0.230 e. The normalized spacial score (nSPS) is 10.6. The molecule has 0 atom stereocenters. The Morgan fingerprint density at radius 1 is 1.07 bits per heavy atom. The minimum Gasteiger partial charge on any atom is -0.493 e. The molecule has 6 nitrogen and oxygen atoms in total. The van der Waals surface area contributed by atoms with Crippen LogP contribution in [0.4, 0.5) is 0 Å². The predicted molar refractivity (Wildman–Crippen MR) is 115 cm³/mol. The zero-order valence-electron chi connectivity index (χ0n) is 16.6. The lowest BCUT2D eigenvalue weighted by Gasteiger charge is -2.10. The van der Waals surface area contributed by atoms with Gasteiger partial charge in [-0.05, 0) is 29.7 Å². The van der Waals surface area contributed by atoms with Crippen molar-refractivity contribution in [2.75, 3.05) is 26.5 Å². The molecule has 0 aliphatic carbocycles. The maximum Gasteiger partial charge on any atom is 0.230 e. The summed E-state index contributed by atoms with van der Waals surface area (Å²) < 4.78 is 12.6. The third kappa shape index (κ3) is 6.02. The Hall–Kier alpha value is -2.93. The number of hydrogen-bond donors (Lipinski definition) is 1. The molecule has 3 rings (SSSR count). The SMILES string of the molecule is COc1ccc(CCNC(=O)CSc2nccn2Cc2ccccc2)cc1OC. The number of benzene rings is 2. The van der Waals surface area contributed by atoms with Gasteiger partial charge in [0, 0.05) is 25.5 Å². The van der Waals surface area contributed by atoms with Gasteiger partial charge in [-0.2, -0.15) is 0 Å². The zero-order chi connectivity index (χ0) is 20.5. The molecule has 29 heavy (non-hydrogen) atoms. The van der Waals surface area contributed by atoms with E-state index in [-0.39, 0.29) is 5.91 Å². The fourth-order valence-corrected chi connectivity index (χ4v) is 3.69. The van der Waals surface area contributed by atoms with E-state index >= 15 is 0 Å². The van der Waals surface area contributed by atoms with Gasteiger partial charge in [0.1, 0.15) is 0 Å². The number of methoxy groups -OCH3 is 2. The number of nitrogens with zero attached hydrogens (tertiary/aromatic N) is 2. The van der Waals surface area contributed by atoms with Gasteiger partial charge in [-0.25, -0.2) is 4.98 Å². The Labute approximate surface area is 175 Å². The lowest BCUT2D eigenvalue weighted by Crippen LogP contribution is -2.27. The lowest BCUT2D eigenvalue weighted by atomic mass is 10.1. The summed E-state index contributed by atoms with van der Waals surface area (Å²) in [5.41, 5.74) is 2.28. The molecule has 1 heterocycles. The average molecular weight is 412 g/mol. The van der Waals surface area contributed by atoms with E-state index < -0.39 is 0 Å². The molecule has 1 amide bonds. The summed E-state index contributed by atoms with van der Waals surface area (Å²) in [4.78, 5) is 16.6. The van der Waals surface area contributed by atoms with E-state index in [4.69, 9.17) is 9.47 Å². The fraction of sp³-hybridized carbons (Fsp3) is 0.273. The van der Waals surface area contributed by atoms with Crippen molar-refractivity contribution in [3.63, 3.8) is 0 Å². The molecule has 0 bridgehead atoms. The fourth-order valence-electron chi connectivity index (χ4n) is 2.90. The van der Waals surface area contributed by atoms with Crippen LogP contribution in [-0.2, 0) is 17.8 Å². The van der Waals surface area contributed by atoms with Crippen molar-refractivity contribution in [2.45, 2.75) is 18.1 Å². The first-order valence-corrected chi connectivity index (χ1v) is 10.3. The van der Waals surface area contributed by atoms with Gasteiger partial charge in [-0.1, -0.05) is 48.2 Å². The number of thioether (sulfide) groups is 1. The third-order valence-electron chi connectivity index (χ3n) is 4.39. The van der Waals surface area contributed by atoms with E-state index in [0.29, 0.717) is 23.8 Å². The highest BCUT2D eigenvalue weighted by Crippen LogP contribution is 2.27. The minimum absolute atomic E-state index is 0.00950. The molecule has 0 saturated heterocycles. The van der Waals surface area contributed by atoms with Crippen LogP contribution in [0.25, 0.3) is 0 Å². The number of amides is 1. The maximum absolute atomic E-state index is 12.2. The number of rotatable bonds is 10. The van der Waals surface area contributed by atoms with Crippen molar-refractivity contribution in [1.29, 1.82) is 0 Å². The first-order chi connectivity index (χ1) is 14.2. The molecule has 1 N–H and O–H groups in total. The molecule has 1 aromatic heterocycles. The molecule has 3 aromatic rings. The standard InChI is InChI=1S/C22H25N3O3S/c1-27-19-9-8-17(14-20(19)28-2)10-11-23-21(26)16-29-22-24-12-13-25(22)15-18-6-4-3-5-7-18/h3-9,12-14H,10-11,15-16H2,1-2H3,(H,23,26). The lowest BCUT2D eigenvalue weighted by molar-refractivity contribution is -0.118. The van der Waals surface area contributed by atoms with Gasteiger partial charge in [-0.3, -0.25) is 4.79 Å². The summed E-state index contributed by atoms with van der Waals surface area (Å²) in [6.45, 7) is 1.30. The Bertz CT molecular complexity index is 928. The number of aromatic nitrogens is 2. The number of imidazole rings is 1. The molecule has 0 radical (unpaired) electrons. The number of nitrogens with one attached hydrogen (secondary N) is 1. The summed E-state index contributed by atoms with van der Waals surface area (Å²) in [5, 5.41) is 3.80. The van der Waals surface area contributed by atoms with Gasteiger partial charge in [0.05, 0.1) is 20.0 Å². The molecule has 0 spiro atoms. The topological polar surface area (TPSA) is 65.4 Å². The summed E-state index contributed by atoms with van der Waals surface area (Å²) >= 11 is 1.44. The number of carbonyl (C=O) groups is 1. The summed E-state index contributed by atoms with van der Waals surface area (Å²) in [6, 6.07) is 16.0. The van der Waals surface area contributed by atoms with Crippen LogP contribution in [0.3, 0.4) is 0 Å². The van der Waals surface area contributed by atoms with Gasteiger partial charge in [0.15, 0.2) is 16.7 Å². The van der Waals surface area contributed by atoms with E-state index in [2.05, 4.69) is 27.0 Å². The average Bonchev–Trinajstić information content (AvgIpc) is 3.19. The van der Waals surface area contributed by atoms with Gasteiger partial charge in [-0.15, -0.1) is 0 Å². The largest absolute Gasteiger partial charge is 0.493 e. The molecule has 2 aromatic carbocycles. The van der Waals surface area contributed by atoms with Crippen molar-refractivity contribution >= 4 is 17.7 Å². The zero-order valence-corrected chi connectivity index (χ0v) is 17.4. The highest BCUT2D eigenvalue weighted by molar-refractivity contribution is 7.99. The van der Waals surface area contributed by atoms with Crippen molar-refractivity contribution < 1.29 is 14.3 Å². The van der Waals surface area contributed by atoms with E-state index in [1.807, 2.05) is 42.6 Å². The number of carbonyl (C=O) groups excluding carboxylic acids is 1. The van der Waals surface area contributed by atoms with Crippen LogP contribution in [0, 0.1) is 0 Å². The highest BCUT2D eigenvalue weighted by Gasteiger charge is 2.09. The number of ether oxygens (including phenoxy) is 2. The Kier molecular flexibility index (Phi) is 7.58. The first-order valence-electron chi connectivity index (χ1n) is 9.35. The van der Waals surface area contributed by atoms with Crippen molar-refractivity contribution in [2.24, 2.45) is 0 Å². The highest BCUT2D eigenvalue weighted by atomic mass is 32.2. The van der Waals surface area contributed by atoms with Crippen LogP contribution >= 0.6 is 11.8 Å². The van der Waals surface area contributed by atoms with Gasteiger partial charge >= 0.3 is 0 Å². The van der Waals surface area contributed by atoms with Crippen molar-refractivity contribution in [1.82, 2.24) is 14.9 Å². The van der Waals surface area contributed by atoms with Crippen LogP contribution < -0.4 is 14.8 Å². The molecule has 0 aliphatic rings. The summed E-state index contributed by atoms with van der Waals surface area (Å²) in [5.74, 6) is 1.71. The molecule has 7 heteroatoms. The van der Waals surface area contributed by atoms with E-state index in [1.165, 1.54) is 17.3 Å². The summed E-state index contributed by atoms with van der Waals surface area (Å²) in [6.07, 6.45) is 4.42. The van der Waals surface area contributed by atoms with Crippen LogP contribution in [0.5, 0.6) is 11.5 Å². The van der Waals surface area contributed by atoms with E-state index in [1.54, 1.807) is 20.4 Å². The molecule has 0 saturated carbocycles. The second kappa shape index (κ2) is 10.6. The Morgan fingerprint density at radius 3 is 2.62 bits per heavy atom. The molecule has 0 aliphatic heterocycles. The number of hydrogen-bond acceptors (Lipinski definition) is 5. The first kappa shape index (κ1) is 20.8. The quantitative estimate of drug-likeness (QED) is 0.518. The predicted octanol–water partition coefficient (Wildman–Crippen LogP) is 3.40. The molecular formula is C22H25N3O3S. The second-order valence-electron chi connectivity index (χ2n) is 6.40. The molecule has 152 valence electrons. The second-order valence-corrected chi connectivity index (χ2v) is 7.34. The van der Waals surface area contributed by atoms with Gasteiger partial charge < -0.3 is 19.4 Å². The van der Waals surface area contributed by atoms with Crippen LogP contribution in [0.2, 0.25) is 0 Å². The van der Waals surface area contributed by atoms with Crippen molar-refractivity contribution in [3.8, 4) is 11.5 Å². The van der Waals surface area contributed by atoms with Crippen molar-refractivity contribution in [3.05, 3.63) is 72.1 Å². The van der Waals surface area contributed by atoms with Crippen LogP contribution in [-0.4, -0.2) is 42.0 Å². The van der Waals surface area contributed by atoms with Gasteiger partial charge in [0.25, 0.3) is 0 Å². The molecule has 0 fully saturated rings. The molecule has 0 unspecified atom stereocenters. The maximum atomic E-state index is 12.2. The van der Waals surface area contributed by atoms with E-state index in [0.717, 1.165) is 23.7 Å². The summed E-state index contributed by atoms with van der Waals surface area (Å²) in [7, 11) is 3.23. The Balaban J connectivity index is 1.45. The molecular weight excluding hydrogens is 386 g/mol. The minimum atomic E-state index is -0.00950. The van der Waals surface area contributed by atoms with Gasteiger partial charge in [0.2, 0.25) is 5.91 Å². The van der Waals surface area contributed by atoms with Crippen LogP contribution in [0.15, 0.2) is 66.1 Å². The van der Waals surface area contributed by atoms with Crippen LogP contribution in [0.1, 0.15) is 11.1 Å². The third-order valence-corrected chi connectivity index (χ3v) is 5.39. The monoisotopic (exact) mass is 411 g/mol.